The molecule has 30 heavy (non-hydrogen) atoms. The number of fused-ring (bicyclic) bond motifs is 2. The van der Waals surface area contributed by atoms with Gasteiger partial charge in [0.1, 0.15) is 5.82 Å². The minimum atomic E-state index is -0.430. The Kier molecular flexibility index (Phi) is 4.60. The summed E-state index contributed by atoms with van der Waals surface area (Å²) >= 11 is 0.895. The second-order valence-electron chi connectivity index (χ2n) is 7.09. The van der Waals surface area contributed by atoms with Crippen LogP contribution in [0.1, 0.15) is 11.1 Å². The van der Waals surface area contributed by atoms with Gasteiger partial charge in [0.2, 0.25) is 0 Å². The Balaban J connectivity index is 1.60. The van der Waals surface area contributed by atoms with Gasteiger partial charge in [-0.15, -0.1) is 0 Å². The molecule has 0 saturated carbocycles. The van der Waals surface area contributed by atoms with E-state index in [1.807, 2.05) is 48.5 Å². The largest absolute Gasteiger partial charge is 0.293 e. The van der Waals surface area contributed by atoms with Gasteiger partial charge in [-0.1, -0.05) is 66.7 Å². The molecule has 0 aliphatic carbocycles. The molecule has 5 heteroatoms. The molecule has 0 spiro atoms. The van der Waals surface area contributed by atoms with E-state index in [9.17, 15) is 14.0 Å². The standard InChI is InChI=1S/C25H16FNO2S/c26-22-12-6-3-9-18(22)15-27-24(28)23(30-25(27)29)14-21-19-10-4-1-7-16(19)13-17-8-2-5-11-20(17)21/h1-14H,15H2/b23-14+. The quantitative estimate of drug-likeness (QED) is 0.289. The predicted octanol–water partition coefficient (Wildman–Crippen LogP) is 6.37. The molecule has 4 aromatic rings. The molecule has 4 aromatic carbocycles. The Labute approximate surface area is 176 Å². The average molecular weight is 413 g/mol. The maximum absolute atomic E-state index is 14.0. The van der Waals surface area contributed by atoms with E-state index in [0.717, 1.165) is 43.8 Å². The number of imide groups is 1. The van der Waals surface area contributed by atoms with Crippen LogP contribution in [0.15, 0.2) is 83.8 Å². The Bertz CT molecular complexity index is 1310. The molecule has 3 nitrogen and oxygen atoms in total. The molecular formula is C25H16FNO2S. The maximum Gasteiger partial charge on any atom is 0.293 e. The lowest BCUT2D eigenvalue weighted by Crippen LogP contribution is -2.27. The Hall–Kier alpha value is -3.44. The monoisotopic (exact) mass is 413 g/mol. The van der Waals surface area contributed by atoms with Gasteiger partial charge < -0.3 is 0 Å². The van der Waals surface area contributed by atoms with Crippen LogP contribution in [0.4, 0.5) is 9.18 Å². The maximum atomic E-state index is 14.0. The van der Waals surface area contributed by atoms with Gasteiger partial charge in [0.25, 0.3) is 11.1 Å². The third-order valence-electron chi connectivity index (χ3n) is 5.25. The fourth-order valence-electron chi connectivity index (χ4n) is 3.77. The number of carbonyl (C=O) groups excluding carboxylic acids is 2. The molecule has 2 amide bonds. The third-order valence-corrected chi connectivity index (χ3v) is 6.16. The first-order valence-electron chi connectivity index (χ1n) is 9.51. The van der Waals surface area contributed by atoms with Gasteiger partial charge in [-0.2, -0.15) is 0 Å². The van der Waals surface area contributed by atoms with E-state index in [2.05, 4.69) is 6.07 Å². The van der Waals surface area contributed by atoms with Crippen LogP contribution in [0, 0.1) is 5.82 Å². The van der Waals surface area contributed by atoms with Crippen molar-refractivity contribution in [3.63, 3.8) is 0 Å². The van der Waals surface area contributed by atoms with Crippen LogP contribution in [0.3, 0.4) is 0 Å². The summed E-state index contributed by atoms with van der Waals surface area (Å²) in [6.45, 7) is -0.0784. The fraction of sp³-hybridized carbons (Fsp3) is 0.0400. The lowest BCUT2D eigenvalue weighted by Gasteiger charge is -2.13. The van der Waals surface area contributed by atoms with E-state index < -0.39 is 11.7 Å². The van der Waals surface area contributed by atoms with Crippen LogP contribution < -0.4 is 0 Å². The van der Waals surface area contributed by atoms with Crippen LogP contribution in [0.5, 0.6) is 0 Å². The van der Waals surface area contributed by atoms with Gasteiger partial charge in [0, 0.05) is 5.56 Å². The van der Waals surface area contributed by atoms with Crippen molar-refractivity contribution in [1.82, 2.24) is 4.90 Å². The van der Waals surface area contributed by atoms with E-state index in [1.165, 1.54) is 6.07 Å². The zero-order chi connectivity index (χ0) is 20.7. The van der Waals surface area contributed by atoms with Gasteiger partial charge in [-0.05, 0) is 57.1 Å². The van der Waals surface area contributed by atoms with Crippen molar-refractivity contribution in [3.05, 3.63) is 101 Å². The van der Waals surface area contributed by atoms with Crippen molar-refractivity contribution in [2.45, 2.75) is 6.54 Å². The molecule has 146 valence electrons. The second-order valence-corrected chi connectivity index (χ2v) is 8.08. The van der Waals surface area contributed by atoms with Gasteiger partial charge in [0.05, 0.1) is 11.4 Å². The molecule has 0 N–H and O–H groups in total. The Morgan fingerprint density at radius 2 is 1.43 bits per heavy atom. The number of hydrogen-bond donors (Lipinski definition) is 0. The molecule has 0 bridgehead atoms. The highest BCUT2D eigenvalue weighted by molar-refractivity contribution is 8.18. The van der Waals surface area contributed by atoms with Crippen molar-refractivity contribution in [2.75, 3.05) is 0 Å². The smallest absolute Gasteiger partial charge is 0.268 e. The lowest BCUT2D eigenvalue weighted by atomic mass is 9.96. The molecule has 0 aromatic heterocycles. The topological polar surface area (TPSA) is 37.4 Å². The van der Waals surface area contributed by atoms with Crippen molar-refractivity contribution in [1.29, 1.82) is 0 Å². The van der Waals surface area contributed by atoms with Crippen molar-refractivity contribution in [2.24, 2.45) is 0 Å². The molecule has 1 saturated heterocycles. The lowest BCUT2D eigenvalue weighted by molar-refractivity contribution is -0.123. The normalized spacial score (nSPS) is 15.6. The molecule has 1 fully saturated rings. The van der Waals surface area contributed by atoms with Crippen molar-refractivity contribution in [3.8, 4) is 0 Å². The van der Waals surface area contributed by atoms with Gasteiger partial charge >= 0.3 is 0 Å². The van der Waals surface area contributed by atoms with Crippen molar-refractivity contribution >= 4 is 50.5 Å². The first-order chi connectivity index (χ1) is 14.6. The summed E-state index contributed by atoms with van der Waals surface area (Å²) in [5, 5.41) is 3.76. The number of nitrogens with zero attached hydrogens (tertiary/aromatic N) is 1. The molecule has 0 radical (unpaired) electrons. The highest BCUT2D eigenvalue weighted by Gasteiger charge is 2.35. The number of amides is 2. The average Bonchev–Trinajstić information content (AvgIpc) is 3.02. The van der Waals surface area contributed by atoms with Crippen molar-refractivity contribution < 1.29 is 14.0 Å². The molecule has 0 unspecified atom stereocenters. The summed E-state index contributed by atoms with van der Waals surface area (Å²) in [7, 11) is 0. The highest BCUT2D eigenvalue weighted by atomic mass is 32.2. The molecule has 1 aliphatic rings. The Morgan fingerprint density at radius 1 is 0.833 bits per heavy atom. The first-order valence-corrected chi connectivity index (χ1v) is 10.3. The van der Waals surface area contributed by atoms with Crippen LogP contribution in [-0.4, -0.2) is 16.0 Å². The molecule has 1 heterocycles. The van der Waals surface area contributed by atoms with E-state index in [1.54, 1.807) is 24.3 Å². The zero-order valence-corrected chi connectivity index (χ0v) is 16.7. The third kappa shape index (κ3) is 3.17. The number of benzene rings is 4. The summed E-state index contributed by atoms with van der Waals surface area (Å²) in [5.74, 6) is -0.828. The second kappa shape index (κ2) is 7.43. The number of halogens is 1. The highest BCUT2D eigenvalue weighted by Crippen LogP contribution is 2.37. The van der Waals surface area contributed by atoms with E-state index in [0.29, 0.717) is 10.5 Å². The number of rotatable bonds is 3. The Morgan fingerprint density at radius 3 is 2.10 bits per heavy atom. The van der Waals surface area contributed by atoms with E-state index >= 15 is 0 Å². The minimum Gasteiger partial charge on any atom is -0.268 e. The van der Waals surface area contributed by atoms with E-state index in [4.69, 9.17) is 0 Å². The SMILES string of the molecule is O=C1S/C(=C/c2c3ccccc3cc3ccccc23)C(=O)N1Cc1ccccc1F. The first kappa shape index (κ1) is 18.6. The van der Waals surface area contributed by atoms with Gasteiger partial charge in [-0.25, -0.2) is 4.39 Å². The minimum absolute atomic E-state index is 0.0784. The van der Waals surface area contributed by atoms with Crippen LogP contribution in [0.2, 0.25) is 0 Å². The summed E-state index contributed by atoms with van der Waals surface area (Å²) in [4.78, 5) is 27.0. The van der Waals surface area contributed by atoms with E-state index in [-0.39, 0.29) is 11.8 Å². The van der Waals surface area contributed by atoms with Crippen LogP contribution >= 0.6 is 11.8 Å². The number of thioether (sulfide) groups is 1. The van der Waals surface area contributed by atoms with Crippen LogP contribution in [-0.2, 0) is 11.3 Å². The molecule has 5 rings (SSSR count). The zero-order valence-electron chi connectivity index (χ0n) is 15.8. The predicted molar refractivity (Wildman–Crippen MR) is 119 cm³/mol. The summed E-state index contributed by atoms with van der Waals surface area (Å²) in [6.07, 6.45) is 1.79. The van der Waals surface area contributed by atoms with Gasteiger partial charge in [-0.3, -0.25) is 14.5 Å². The van der Waals surface area contributed by atoms with Crippen LogP contribution in [0.25, 0.3) is 27.6 Å². The fourth-order valence-corrected chi connectivity index (χ4v) is 4.59. The summed E-state index contributed by atoms with van der Waals surface area (Å²) in [5.41, 5.74) is 1.22. The molecule has 0 atom stereocenters. The molecule has 1 aliphatic heterocycles. The molecular weight excluding hydrogens is 397 g/mol. The number of carbonyl (C=O) groups is 2. The summed E-state index contributed by atoms with van der Waals surface area (Å²) < 4.78 is 14.0. The van der Waals surface area contributed by atoms with Gasteiger partial charge in [0.15, 0.2) is 0 Å². The summed E-state index contributed by atoms with van der Waals surface area (Å²) in [6, 6.07) is 24.2. The number of hydrogen-bond acceptors (Lipinski definition) is 3.